The SMILES string of the molecule is C=CCNC(=O)Nc1snc(OCc2ccc(C)cc2F)c1C(N)=O. The number of aryl methyl sites for hydroxylation is 1. The third kappa shape index (κ3) is 4.77. The highest BCUT2D eigenvalue weighted by atomic mass is 32.1. The average molecular weight is 364 g/mol. The summed E-state index contributed by atoms with van der Waals surface area (Å²) in [6.45, 7) is 5.38. The van der Waals surface area contributed by atoms with Crippen LogP contribution in [0.1, 0.15) is 21.5 Å². The number of hydrogen-bond acceptors (Lipinski definition) is 5. The molecule has 132 valence electrons. The normalized spacial score (nSPS) is 10.2. The van der Waals surface area contributed by atoms with Crippen molar-refractivity contribution in [2.24, 2.45) is 5.73 Å². The van der Waals surface area contributed by atoms with Crippen LogP contribution in [-0.4, -0.2) is 22.9 Å². The van der Waals surface area contributed by atoms with Gasteiger partial charge in [0, 0.05) is 12.1 Å². The third-order valence-corrected chi connectivity index (χ3v) is 3.86. The second-order valence-corrected chi connectivity index (χ2v) is 5.84. The van der Waals surface area contributed by atoms with Crippen LogP contribution in [-0.2, 0) is 6.61 Å². The summed E-state index contributed by atoms with van der Waals surface area (Å²) in [7, 11) is 0. The van der Waals surface area contributed by atoms with E-state index >= 15 is 0 Å². The smallest absolute Gasteiger partial charge is 0.320 e. The lowest BCUT2D eigenvalue weighted by Gasteiger charge is -2.08. The van der Waals surface area contributed by atoms with Gasteiger partial charge in [0.1, 0.15) is 23.0 Å². The van der Waals surface area contributed by atoms with E-state index in [1.165, 1.54) is 12.1 Å². The molecule has 0 bridgehead atoms. The Hall–Kier alpha value is -2.94. The molecule has 0 saturated carbocycles. The molecule has 3 amide bonds. The van der Waals surface area contributed by atoms with Crippen molar-refractivity contribution in [2.75, 3.05) is 11.9 Å². The van der Waals surface area contributed by atoms with Crippen LogP contribution in [0.3, 0.4) is 0 Å². The number of primary amides is 1. The van der Waals surface area contributed by atoms with Crippen LogP contribution in [0.2, 0.25) is 0 Å². The van der Waals surface area contributed by atoms with E-state index in [-0.39, 0.29) is 29.6 Å². The first-order valence-electron chi connectivity index (χ1n) is 7.25. The van der Waals surface area contributed by atoms with Crippen molar-refractivity contribution in [1.29, 1.82) is 0 Å². The Morgan fingerprint density at radius 3 is 2.88 bits per heavy atom. The fourth-order valence-corrected chi connectivity index (χ4v) is 2.64. The van der Waals surface area contributed by atoms with Gasteiger partial charge in [-0.3, -0.25) is 10.1 Å². The van der Waals surface area contributed by atoms with E-state index in [0.29, 0.717) is 5.56 Å². The Bertz CT molecular complexity index is 807. The number of ether oxygens (including phenoxy) is 1. The Balaban J connectivity index is 2.14. The zero-order chi connectivity index (χ0) is 18.4. The lowest BCUT2D eigenvalue weighted by molar-refractivity contribution is 0.0996. The zero-order valence-electron chi connectivity index (χ0n) is 13.5. The highest BCUT2D eigenvalue weighted by Gasteiger charge is 2.22. The van der Waals surface area contributed by atoms with Gasteiger partial charge in [-0.25, -0.2) is 9.18 Å². The number of nitrogens with one attached hydrogen (secondary N) is 2. The number of amides is 3. The first-order valence-corrected chi connectivity index (χ1v) is 8.02. The Morgan fingerprint density at radius 2 is 2.24 bits per heavy atom. The lowest BCUT2D eigenvalue weighted by Crippen LogP contribution is -2.29. The Kier molecular flexibility index (Phi) is 6.07. The maximum atomic E-state index is 13.8. The second-order valence-electron chi connectivity index (χ2n) is 5.06. The summed E-state index contributed by atoms with van der Waals surface area (Å²) in [6.07, 6.45) is 1.51. The van der Waals surface area contributed by atoms with Crippen molar-refractivity contribution in [3.05, 3.63) is 53.4 Å². The van der Waals surface area contributed by atoms with Crippen molar-refractivity contribution in [1.82, 2.24) is 9.69 Å². The van der Waals surface area contributed by atoms with E-state index in [1.807, 2.05) is 0 Å². The molecule has 4 N–H and O–H groups in total. The number of nitrogens with zero attached hydrogens (tertiary/aromatic N) is 1. The van der Waals surface area contributed by atoms with E-state index in [4.69, 9.17) is 10.5 Å². The van der Waals surface area contributed by atoms with Gasteiger partial charge in [-0.05, 0) is 30.1 Å². The number of hydrogen-bond donors (Lipinski definition) is 3. The molecule has 0 radical (unpaired) electrons. The molecule has 0 spiro atoms. The third-order valence-electron chi connectivity index (χ3n) is 3.11. The maximum absolute atomic E-state index is 13.8. The molecular weight excluding hydrogens is 347 g/mol. The van der Waals surface area contributed by atoms with Crippen LogP contribution in [0.5, 0.6) is 5.88 Å². The summed E-state index contributed by atoms with van der Waals surface area (Å²) in [5.74, 6) is -1.29. The predicted molar refractivity (Wildman–Crippen MR) is 93.3 cm³/mol. The van der Waals surface area contributed by atoms with E-state index < -0.39 is 17.8 Å². The van der Waals surface area contributed by atoms with Crippen LogP contribution >= 0.6 is 11.5 Å². The first-order chi connectivity index (χ1) is 11.9. The minimum atomic E-state index is -0.813. The molecule has 1 aromatic heterocycles. The second kappa shape index (κ2) is 8.25. The van der Waals surface area contributed by atoms with Gasteiger partial charge >= 0.3 is 6.03 Å². The van der Waals surface area contributed by atoms with Gasteiger partial charge in [0.2, 0.25) is 5.88 Å². The summed E-state index contributed by atoms with van der Waals surface area (Å²) in [5, 5.41) is 5.11. The minimum Gasteiger partial charge on any atom is -0.471 e. The van der Waals surface area contributed by atoms with Crippen molar-refractivity contribution in [3.63, 3.8) is 0 Å². The van der Waals surface area contributed by atoms with Gasteiger partial charge in [-0.1, -0.05) is 18.2 Å². The van der Waals surface area contributed by atoms with Crippen molar-refractivity contribution < 1.29 is 18.7 Å². The molecule has 2 rings (SSSR count). The number of nitrogens with two attached hydrogens (primary N) is 1. The van der Waals surface area contributed by atoms with Crippen molar-refractivity contribution >= 4 is 28.5 Å². The van der Waals surface area contributed by atoms with E-state index in [0.717, 1.165) is 17.1 Å². The van der Waals surface area contributed by atoms with Gasteiger partial charge in [0.05, 0.1) is 0 Å². The Labute approximate surface area is 147 Å². The van der Waals surface area contributed by atoms with Crippen molar-refractivity contribution in [2.45, 2.75) is 13.5 Å². The van der Waals surface area contributed by atoms with Gasteiger partial charge < -0.3 is 15.8 Å². The van der Waals surface area contributed by atoms with Gasteiger partial charge in [-0.2, -0.15) is 4.37 Å². The summed E-state index contributed by atoms with van der Waals surface area (Å²) in [4.78, 5) is 23.3. The predicted octanol–water partition coefficient (Wildman–Crippen LogP) is 2.58. The van der Waals surface area contributed by atoms with Crippen LogP contribution in [0.25, 0.3) is 0 Å². The van der Waals surface area contributed by atoms with Crippen molar-refractivity contribution in [3.8, 4) is 5.88 Å². The molecular formula is C16H17FN4O3S. The molecule has 0 saturated heterocycles. The summed E-state index contributed by atoms with van der Waals surface area (Å²) >= 11 is 0.841. The molecule has 0 aliphatic carbocycles. The number of carbonyl (C=O) groups excluding carboxylic acids is 2. The number of benzene rings is 1. The van der Waals surface area contributed by atoms with E-state index in [9.17, 15) is 14.0 Å². The molecule has 1 heterocycles. The molecule has 7 nitrogen and oxygen atoms in total. The van der Waals surface area contributed by atoms with E-state index in [2.05, 4.69) is 21.6 Å². The number of halogens is 1. The molecule has 9 heteroatoms. The molecule has 0 fully saturated rings. The fourth-order valence-electron chi connectivity index (χ4n) is 1.90. The molecule has 2 aromatic rings. The molecule has 0 aliphatic rings. The topological polar surface area (TPSA) is 106 Å². The number of anilines is 1. The lowest BCUT2D eigenvalue weighted by atomic mass is 10.1. The molecule has 0 unspecified atom stereocenters. The number of rotatable bonds is 7. The number of carbonyl (C=O) groups is 2. The molecule has 0 aliphatic heterocycles. The van der Waals surface area contributed by atoms with Crippen LogP contribution in [0.4, 0.5) is 14.2 Å². The molecule has 25 heavy (non-hydrogen) atoms. The zero-order valence-corrected chi connectivity index (χ0v) is 14.3. The van der Waals surface area contributed by atoms with Crippen LogP contribution < -0.4 is 21.1 Å². The van der Waals surface area contributed by atoms with Gasteiger partial charge in [0.15, 0.2) is 0 Å². The quantitative estimate of drug-likeness (QED) is 0.657. The summed E-state index contributed by atoms with van der Waals surface area (Å²) in [5.41, 5.74) is 6.37. The van der Waals surface area contributed by atoms with E-state index in [1.54, 1.807) is 19.1 Å². The number of urea groups is 1. The minimum absolute atomic E-state index is 0.0588. The number of aromatic nitrogens is 1. The summed E-state index contributed by atoms with van der Waals surface area (Å²) in [6, 6.07) is 4.17. The Morgan fingerprint density at radius 1 is 1.48 bits per heavy atom. The van der Waals surface area contributed by atoms with Crippen LogP contribution in [0.15, 0.2) is 30.9 Å². The largest absolute Gasteiger partial charge is 0.471 e. The van der Waals surface area contributed by atoms with Crippen LogP contribution in [0, 0.1) is 12.7 Å². The fraction of sp³-hybridized carbons (Fsp3) is 0.188. The highest BCUT2D eigenvalue weighted by Crippen LogP contribution is 2.30. The average Bonchev–Trinajstić information content (AvgIpc) is 2.94. The highest BCUT2D eigenvalue weighted by molar-refractivity contribution is 7.11. The maximum Gasteiger partial charge on any atom is 0.320 e. The standard InChI is InChI=1S/C16H17FN4O3S/c1-3-6-19-16(23)20-15-12(13(18)22)14(21-25-15)24-8-10-5-4-9(2)7-11(10)17/h3-5,7H,1,6,8H2,2H3,(H2,18,22)(H2,19,20,23). The molecule has 1 aromatic carbocycles. The van der Waals surface area contributed by atoms with Gasteiger partial charge in [-0.15, -0.1) is 6.58 Å². The molecule has 0 atom stereocenters. The summed E-state index contributed by atoms with van der Waals surface area (Å²) < 4.78 is 23.2. The first kappa shape index (κ1) is 18.4. The monoisotopic (exact) mass is 364 g/mol. The van der Waals surface area contributed by atoms with Gasteiger partial charge in [0.25, 0.3) is 5.91 Å².